The van der Waals surface area contributed by atoms with Crippen molar-refractivity contribution in [3.8, 4) is 0 Å². The van der Waals surface area contributed by atoms with Crippen LogP contribution in [0.1, 0.15) is 18.4 Å². The van der Waals surface area contributed by atoms with E-state index in [9.17, 15) is 9.18 Å². The van der Waals surface area contributed by atoms with E-state index in [1.807, 2.05) is 21.8 Å². The van der Waals surface area contributed by atoms with Crippen molar-refractivity contribution in [1.29, 1.82) is 0 Å². The van der Waals surface area contributed by atoms with Crippen molar-refractivity contribution in [3.63, 3.8) is 0 Å². The van der Waals surface area contributed by atoms with Crippen LogP contribution in [0.15, 0.2) is 36.7 Å². The molecule has 2 aromatic rings. The van der Waals surface area contributed by atoms with Crippen molar-refractivity contribution in [2.45, 2.75) is 25.8 Å². The summed E-state index contributed by atoms with van der Waals surface area (Å²) in [5, 5.41) is 4.53. The lowest BCUT2D eigenvalue weighted by Crippen LogP contribution is -2.40. The summed E-state index contributed by atoms with van der Waals surface area (Å²) >= 11 is 5.99. The number of hydrogen-bond donors (Lipinski definition) is 0. The molecule has 1 aromatic heterocycles. The molecule has 1 fully saturated rings. The van der Waals surface area contributed by atoms with Gasteiger partial charge in [-0.2, -0.15) is 5.10 Å². The third-order valence-electron chi connectivity index (χ3n) is 4.36. The third-order valence-corrected chi connectivity index (χ3v) is 4.72. The van der Waals surface area contributed by atoms with E-state index in [2.05, 4.69) is 5.10 Å². The van der Waals surface area contributed by atoms with Crippen LogP contribution in [0.5, 0.6) is 0 Å². The lowest BCUT2D eigenvalue weighted by Gasteiger charge is -2.32. The molecule has 0 bridgehead atoms. The smallest absolute Gasteiger partial charge is 0.227 e. The number of piperidine rings is 1. The molecule has 23 heavy (non-hydrogen) atoms. The van der Waals surface area contributed by atoms with Gasteiger partial charge in [0.25, 0.3) is 0 Å². The second-order valence-corrected chi connectivity index (χ2v) is 6.34. The summed E-state index contributed by atoms with van der Waals surface area (Å²) in [4.78, 5) is 14.2. The summed E-state index contributed by atoms with van der Waals surface area (Å²) in [6.07, 6.45) is 5.64. The standard InChI is InChI=1S/C17H19ClFN3O/c18-15-3-1-4-16(19)14(15)11-17(23)21-9-5-13(6-10-21)12-22-8-2-7-20-22/h1-4,7-8,13H,5-6,9-12H2. The van der Waals surface area contributed by atoms with Crippen LogP contribution in [-0.2, 0) is 17.8 Å². The number of nitrogens with zero attached hydrogens (tertiary/aromatic N) is 3. The SMILES string of the molecule is O=C(Cc1c(F)cccc1Cl)N1CCC(Cn2cccn2)CC1. The maximum atomic E-state index is 13.8. The van der Waals surface area contributed by atoms with E-state index >= 15 is 0 Å². The molecule has 6 heteroatoms. The van der Waals surface area contributed by atoms with Crippen molar-refractivity contribution >= 4 is 17.5 Å². The highest BCUT2D eigenvalue weighted by Crippen LogP contribution is 2.23. The van der Waals surface area contributed by atoms with Crippen molar-refractivity contribution in [2.24, 2.45) is 5.92 Å². The van der Waals surface area contributed by atoms with E-state index in [-0.39, 0.29) is 17.9 Å². The molecule has 1 aliphatic rings. The van der Waals surface area contributed by atoms with Crippen LogP contribution < -0.4 is 0 Å². The Morgan fingerprint density at radius 3 is 2.74 bits per heavy atom. The summed E-state index contributed by atoms with van der Waals surface area (Å²) in [5.74, 6) is 0.0463. The van der Waals surface area contributed by atoms with Crippen LogP contribution in [0.2, 0.25) is 5.02 Å². The van der Waals surface area contributed by atoms with Gasteiger partial charge in [0.1, 0.15) is 5.82 Å². The van der Waals surface area contributed by atoms with Crippen LogP contribution in [0.3, 0.4) is 0 Å². The quantitative estimate of drug-likeness (QED) is 0.860. The van der Waals surface area contributed by atoms with Crippen molar-refractivity contribution < 1.29 is 9.18 Å². The maximum absolute atomic E-state index is 13.8. The van der Waals surface area contributed by atoms with Gasteiger partial charge in [0, 0.05) is 42.6 Å². The maximum Gasteiger partial charge on any atom is 0.227 e. The Bertz CT molecular complexity index is 646. The molecule has 1 saturated heterocycles. The molecule has 1 aliphatic heterocycles. The summed E-state index contributed by atoms with van der Waals surface area (Å²) < 4.78 is 15.7. The molecule has 0 spiro atoms. The molecule has 1 amide bonds. The second-order valence-electron chi connectivity index (χ2n) is 5.93. The minimum Gasteiger partial charge on any atom is -0.342 e. The molecular weight excluding hydrogens is 317 g/mol. The fourth-order valence-corrected chi connectivity index (χ4v) is 3.23. The topological polar surface area (TPSA) is 38.1 Å². The number of amides is 1. The number of rotatable bonds is 4. The van der Waals surface area contributed by atoms with E-state index in [0.29, 0.717) is 24.0 Å². The fraction of sp³-hybridized carbons (Fsp3) is 0.412. The van der Waals surface area contributed by atoms with E-state index < -0.39 is 5.82 Å². The van der Waals surface area contributed by atoms with Gasteiger partial charge in [-0.1, -0.05) is 17.7 Å². The molecule has 0 aliphatic carbocycles. The molecule has 1 aromatic carbocycles. The Labute approximate surface area is 139 Å². The van der Waals surface area contributed by atoms with E-state index in [0.717, 1.165) is 19.4 Å². The first kappa shape index (κ1) is 16.0. The number of carbonyl (C=O) groups is 1. The first-order valence-corrected chi connectivity index (χ1v) is 8.19. The second kappa shape index (κ2) is 7.13. The Hall–Kier alpha value is -1.88. The summed E-state index contributed by atoms with van der Waals surface area (Å²) in [5.41, 5.74) is 0.290. The minimum absolute atomic E-state index is 0.0231. The first-order valence-electron chi connectivity index (χ1n) is 7.81. The number of carbonyl (C=O) groups excluding carboxylic acids is 1. The molecule has 0 N–H and O–H groups in total. The van der Waals surface area contributed by atoms with Gasteiger partial charge in [-0.05, 0) is 37.0 Å². The molecule has 0 saturated carbocycles. The highest BCUT2D eigenvalue weighted by atomic mass is 35.5. The first-order chi connectivity index (χ1) is 11.1. The molecule has 4 nitrogen and oxygen atoms in total. The highest BCUT2D eigenvalue weighted by molar-refractivity contribution is 6.31. The molecule has 0 radical (unpaired) electrons. The number of benzene rings is 1. The largest absolute Gasteiger partial charge is 0.342 e. The number of likely N-dealkylation sites (tertiary alicyclic amines) is 1. The van der Waals surface area contributed by atoms with E-state index in [1.165, 1.54) is 6.07 Å². The monoisotopic (exact) mass is 335 g/mol. The van der Waals surface area contributed by atoms with Gasteiger partial charge in [-0.15, -0.1) is 0 Å². The van der Waals surface area contributed by atoms with Gasteiger partial charge in [0.2, 0.25) is 5.91 Å². The zero-order valence-corrected chi connectivity index (χ0v) is 13.5. The molecular formula is C17H19ClFN3O. The minimum atomic E-state index is -0.417. The van der Waals surface area contributed by atoms with Gasteiger partial charge >= 0.3 is 0 Å². The third kappa shape index (κ3) is 3.91. The average Bonchev–Trinajstić information content (AvgIpc) is 3.04. The average molecular weight is 336 g/mol. The Balaban J connectivity index is 1.54. The van der Waals surface area contributed by atoms with Gasteiger partial charge in [-0.25, -0.2) is 4.39 Å². The zero-order chi connectivity index (χ0) is 16.2. The van der Waals surface area contributed by atoms with E-state index in [1.54, 1.807) is 18.3 Å². The molecule has 3 rings (SSSR count). The molecule has 0 atom stereocenters. The van der Waals surface area contributed by atoms with Gasteiger partial charge in [0.05, 0.1) is 6.42 Å². The Kier molecular flexibility index (Phi) is 4.96. The van der Waals surface area contributed by atoms with Crippen molar-refractivity contribution in [1.82, 2.24) is 14.7 Å². The van der Waals surface area contributed by atoms with Gasteiger partial charge in [-0.3, -0.25) is 9.48 Å². The normalized spacial score (nSPS) is 15.8. The number of aromatic nitrogens is 2. The highest BCUT2D eigenvalue weighted by Gasteiger charge is 2.24. The predicted octanol–water partition coefficient (Wildman–Crippen LogP) is 3.16. The molecule has 0 unspecified atom stereocenters. The van der Waals surface area contributed by atoms with Crippen molar-refractivity contribution in [3.05, 3.63) is 53.1 Å². The summed E-state index contributed by atoms with van der Waals surface area (Å²) in [6, 6.07) is 6.41. The number of halogens is 2. The predicted molar refractivity (Wildman–Crippen MR) is 86.6 cm³/mol. The summed E-state index contributed by atoms with van der Waals surface area (Å²) in [6.45, 7) is 2.29. The number of hydrogen-bond acceptors (Lipinski definition) is 2. The Morgan fingerprint density at radius 2 is 2.09 bits per heavy atom. The molecule has 122 valence electrons. The van der Waals surface area contributed by atoms with Crippen LogP contribution in [0.4, 0.5) is 4.39 Å². The lowest BCUT2D eigenvalue weighted by molar-refractivity contribution is -0.131. The van der Waals surface area contributed by atoms with Crippen LogP contribution in [-0.4, -0.2) is 33.7 Å². The van der Waals surface area contributed by atoms with Gasteiger partial charge in [0.15, 0.2) is 0 Å². The van der Waals surface area contributed by atoms with E-state index in [4.69, 9.17) is 11.6 Å². The van der Waals surface area contributed by atoms with Crippen LogP contribution >= 0.6 is 11.6 Å². The van der Waals surface area contributed by atoms with Crippen LogP contribution in [0.25, 0.3) is 0 Å². The summed E-state index contributed by atoms with van der Waals surface area (Å²) in [7, 11) is 0. The molecule has 2 heterocycles. The zero-order valence-electron chi connectivity index (χ0n) is 12.8. The van der Waals surface area contributed by atoms with Crippen LogP contribution in [0, 0.1) is 11.7 Å². The fourth-order valence-electron chi connectivity index (χ4n) is 3.00. The van der Waals surface area contributed by atoms with Crippen molar-refractivity contribution in [2.75, 3.05) is 13.1 Å². The Morgan fingerprint density at radius 1 is 1.30 bits per heavy atom. The lowest BCUT2D eigenvalue weighted by atomic mass is 9.96. The van der Waals surface area contributed by atoms with Gasteiger partial charge < -0.3 is 4.90 Å².